The summed E-state index contributed by atoms with van der Waals surface area (Å²) in [7, 11) is 0. The number of benzene rings is 3. The first-order valence-corrected chi connectivity index (χ1v) is 9.38. The minimum Gasteiger partial charge on any atom is -0.455 e. The molecule has 9 nitrogen and oxygen atoms in total. The van der Waals surface area contributed by atoms with Crippen molar-refractivity contribution >= 4 is 23.4 Å². The van der Waals surface area contributed by atoms with Crippen LogP contribution in [0.15, 0.2) is 72.3 Å². The Hall–Kier alpha value is -4.84. The van der Waals surface area contributed by atoms with Crippen LogP contribution in [0.4, 0.5) is 11.4 Å². The summed E-state index contributed by atoms with van der Waals surface area (Å²) in [5.41, 5.74) is -0.272. The van der Waals surface area contributed by atoms with E-state index in [2.05, 4.69) is 5.32 Å². The summed E-state index contributed by atoms with van der Waals surface area (Å²) in [6, 6.07) is 20.1. The molecule has 0 saturated carbocycles. The standard InChI is InChI=1S/C23H15N3O6/c24-13-16(10-15-11-21-22(31-14-30-21)12-19(15)26(28)29)23(27)25-18-8-4-5-9-20(18)32-17-6-2-1-3-7-17/h1-12H,14H2,(H,25,27). The first-order chi connectivity index (χ1) is 15.5. The van der Waals surface area contributed by atoms with Crippen LogP contribution in [0.2, 0.25) is 0 Å². The van der Waals surface area contributed by atoms with Crippen LogP contribution in [0.5, 0.6) is 23.0 Å². The zero-order valence-corrected chi connectivity index (χ0v) is 16.5. The van der Waals surface area contributed by atoms with E-state index in [1.165, 1.54) is 12.1 Å². The molecule has 1 aliphatic rings. The largest absolute Gasteiger partial charge is 0.455 e. The molecule has 3 aromatic rings. The van der Waals surface area contributed by atoms with Crippen LogP contribution in [0.3, 0.4) is 0 Å². The van der Waals surface area contributed by atoms with Crippen LogP contribution >= 0.6 is 0 Å². The van der Waals surface area contributed by atoms with Crippen molar-refractivity contribution in [2.45, 2.75) is 0 Å². The predicted molar refractivity (Wildman–Crippen MR) is 114 cm³/mol. The van der Waals surface area contributed by atoms with Gasteiger partial charge in [0.25, 0.3) is 11.6 Å². The molecule has 0 saturated heterocycles. The Morgan fingerprint density at radius 2 is 1.78 bits per heavy atom. The van der Waals surface area contributed by atoms with Crippen molar-refractivity contribution in [3.63, 3.8) is 0 Å². The molecule has 9 heteroatoms. The highest BCUT2D eigenvalue weighted by Gasteiger charge is 2.24. The van der Waals surface area contributed by atoms with Gasteiger partial charge in [0.05, 0.1) is 22.2 Å². The maximum Gasteiger partial charge on any atom is 0.280 e. The van der Waals surface area contributed by atoms with Gasteiger partial charge in [-0.3, -0.25) is 14.9 Å². The minimum absolute atomic E-state index is 0.0415. The number of hydrogen-bond acceptors (Lipinski definition) is 7. The van der Waals surface area contributed by atoms with Gasteiger partial charge in [-0.05, 0) is 36.4 Å². The van der Waals surface area contributed by atoms with E-state index in [1.807, 2.05) is 18.2 Å². The van der Waals surface area contributed by atoms with Crippen LogP contribution in [0.25, 0.3) is 6.08 Å². The number of nitro benzene ring substituents is 1. The zero-order valence-electron chi connectivity index (χ0n) is 16.5. The molecule has 1 aliphatic heterocycles. The number of nitrogens with zero attached hydrogens (tertiary/aromatic N) is 2. The molecule has 0 aromatic heterocycles. The van der Waals surface area contributed by atoms with Crippen LogP contribution in [-0.2, 0) is 4.79 Å². The number of ether oxygens (including phenoxy) is 3. The first kappa shape index (κ1) is 20.4. The van der Waals surface area contributed by atoms with Crippen LogP contribution in [0, 0.1) is 21.4 Å². The van der Waals surface area contributed by atoms with Gasteiger partial charge in [-0.15, -0.1) is 0 Å². The third-order valence-electron chi connectivity index (χ3n) is 4.49. The van der Waals surface area contributed by atoms with Crippen molar-refractivity contribution in [2.24, 2.45) is 0 Å². The monoisotopic (exact) mass is 429 g/mol. The lowest BCUT2D eigenvalue weighted by Gasteiger charge is -2.12. The second-order valence-electron chi connectivity index (χ2n) is 6.56. The maximum atomic E-state index is 12.8. The molecule has 0 fully saturated rings. The molecule has 0 unspecified atom stereocenters. The number of anilines is 1. The number of nitrogens with one attached hydrogen (secondary N) is 1. The fourth-order valence-electron chi connectivity index (χ4n) is 2.99. The van der Waals surface area contributed by atoms with Crippen molar-refractivity contribution in [1.29, 1.82) is 5.26 Å². The highest BCUT2D eigenvalue weighted by Crippen LogP contribution is 2.39. The number of nitro groups is 1. The van der Waals surface area contributed by atoms with Gasteiger partial charge in [0, 0.05) is 0 Å². The van der Waals surface area contributed by atoms with E-state index < -0.39 is 10.8 Å². The van der Waals surface area contributed by atoms with Crippen molar-refractivity contribution < 1.29 is 23.9 Å². The van der Waals surface area contributed by atoms with Gasteiger partial charge in [-0.1, -0.05) is 30.3 Å². The fourth-order valence-corrected chi connectivity index (χ4v) is 2.99. The van der Waals surface area contributed by atoms with E-state index in [-0.39, 0.29) is 29.4 Å². The topological polar surface area (TPSA) is 124 Å². The lowest BCUT2D eigenvalue weighted by molar-refractivity contribution is -0.385. The molecule has 32 heavy (non-hydrogen) atoms. The molecule has 0 atom stereocenters. The van der Waals surface area contributed by atoms with Crippen molar-refractivity contribution in [3.8, 4) is 29.1 Å². The summed E-state index contributed by atoms with van der Waals surface area (Å²) in [5, 5.41) is 23.6. The van der Waals surface area contributed by atoms with E-state index in [1.54, 1.807) is 42.5 Å². The second-order valence-corrected chi connectivity index (χ2v) is 6.56. The van der Waals surface area contributed by atoms with Gasteiger partial charge in [-0.2, -0.15) is 5.26 Å². The van der Waals surface area contributed by atoms with Gasteiger partial charge >= 0.3 is 0 Å². The normalized spacial score (nSPS) is 12.0. The summed E-state index contributed by atoms with van der Waals surface area (Å²) in [4.78, 5) is 23.6. The number of fused-ring (bicyclic) bond motifs is 1. The number of para-hydroxylation sites is 3. The van der Waals surface area contributed by atoms with Gasteiger partial charge < -0.3 is 19.5 Å². The minimum atomic E-state index is -0.747. The highest BCUT2D eigenvalue weighted by molar-refractivity contribution is 6.10. The van der Waals surface area contributed by atoms with Crippen molar-refractivity contribution in [3.05, 3.63) is 88.0 Å². The Bertz CT molecular complexity index is 1260. The smallest absolute Gasteiger partial charge is 0.280 e. The summed E-state index contributed by atoms with van der Waals surface area (Å²) in [5.74, 6) is 0.716. The Morgan fingerprint density at radius 3 is 2.50 bits per heavy atom. The van der Waals surface area contributed by atoms with E-state index in [4.69, 9.17) is 14.2 Å². The molecule has 0 aliphatic carbocycles. The Kier molecular flexibility index (Phi) is 5.68. The quantitative estimate of drug-likeness (QED) is 0.261. The molecule has 1 heterocycles. The number of nitriles is 1. The average molecular weight is 429 g/mol. The Morgan fingerprint density at radius 1 is 1.09 bits per heavy atom. The predicted octanol–water partition coefficient (Wildman–Crippen LogP) is 4.66. The lowest BCUT2D eigenvalue weighted by atomic mass is 10.1. The average Bonchev–Trinajstić information content (AvgIpc) is 3.26. The highest BCUT2D eigenvalue weighted by atomic mass is 16.7. The number of amides is 1. The maximum absolute atomic E-state index is 12.8. The molecule has 0 bridgehead atoms. The van der Waals surface area contributed by atoms with E-state index >= 15 is 0 Å². The van der Waals surface area contributed by atoms with Crippen LogP contribution in [0.1, 0.15) is 5.56 Å². The fraction of sp³-hybridized carbons (Fsp3) is 0.0435. The van der Waals surface area contributed by atoms with Gasteiger partial charge in [-0.25, -0.2) is 0 Å². The summed E-state index contributed by atoms with van der Waals surface area (Å²) < 4.78 is 16.2. The molecule has 1 N–H and O–H groups in total. The Balaban J connectivity index is 1.62. The van der Waals surface area contributed by atoms with E-state index in [0.717, 1.165) is 6.08 Å². The molecular formula is C23H15N3O6. The van der Waals surface area contributed by atoms with Gasteiger partial charge in [0.1, 0.15) is 17.4 Å². The van der Waals surface area contributed by atoms with Gasteiger partial charge in [0.15, 0.2) is 17.2 Å². The zero-order chi connectivity index (χ0) is 22.5. The molecule has 158 valence electrons. The summed E-state index contributed by atoms with van der Waals surface area (Å²) >= 11 is 0. The number of hydrogen-bond donors (Lipinski definition) is 1. The lowest BCUT2D eigenvalue weighted by Crippen LogP contribution is -2.14. The SMILES string of the molecule is N#CC(=Cc1cc2c(cc1[N+](=O)[O-])OCO2)C(=O)Nc1ccccc1Oc1ccccc1. The molecular weight excluding hydrogens is 414 g/mol. The van der Waals surface area contributed by atoms with Crippen LogP contribution in [-0.4, -0.2) is 17.6 Å². The molecule has 0 spiro atoms. The number of rotatable bonds is 6. The first-order valence-electron chi connectivity index (χ1n) is 9.38. The van der Waals surface area contributed by atoms with E-state index in [9.17, 15) is 20.2 Å². The van der Waals surface area contributed by atoms with Crippen molar-refractivity contribution in [2.75, 3.05) is 12.1 Å². The third-order valence-corrected chi connectivity index (χ3v) is 4.49. The Labute approximate surface area is 182 Å². The van der Waals surface area contributed by atoms with Crippen LogP contribution < -0.4 is 19.5 Å². The molecule has 4 rings (SSSR count). The number of carbonyl (C=O) groups excluding carboxylic acids is 1. The number of carbonyl (C=O) groups is 1. The molecule has 0 radical (unpaired) electrons. The van der Waals surface area contributed by atoms with E-state index in [0.29, 0.717) is 22.9 Å². The summed E-state index contributed by atoms with van der Waals surface area (Å²) in [6.45, 7) is -0.0660. The molecule has 1 amide bonds. The third kappa shape index (κ3) is 4.34. The second kappa shape index (κ2) is 8.89. The summed E-state index contributed by atoms with van der Waals surface area (Å²) in [6.07, 6.45) is 1.14. The molecule has 3 aromatic carbocycles. The van der Waals surface area contributed by atoms with Crippen molar-refractivity contribution in [1.82, 2.24) is 0 Å². The van der Waals surface area contributed by atoms with Gasteiger partial charge in [0.2, 0.25) is 6.79 Å².